The number of primary amides is 1. The summed E-state index contributed by atoms with van der Waals surface area (Å²) in [4.78, 5) is 49.2. The highest BCUT2D eigenvalue weighted by Gasteiger charge is 2.37. The Balaban J connectivity index is 0.000000170. The van der Waals surface area contributed by atoms with Crippen LogP contribution in [0.1, 0.15) is 28.8 Å². The number of carbonyl (C=O) groups excluding carboxylic acids is 3. The third-order valence-corrected chi connectivity index (χ3v) is 8.76. The molecule has 0 spiro atoms. The van der Waals surface area contributed by atoms with Crippen LogP contribution in [0, 0.1) is 11.3 Å². The van der Waals surface area contributed by atoms with E-state index in [2.05, 4.69) is 16.0 Å². The molecule has 2 atom stereocenters. The summed E-state index contributed by atoms with van der Waals surface area (Å²) >= 11 is 0. The van der Waals surface area contributed by atoms with Crippen LogP contribution < -0.4 is 25.0 Å². The fourth-order valence-corrected chi connectivity index (χ4v) is 6.24. The maximum absolute atomic E-state index is 12.8. The molecule has 15 nitrogen and oxygen atoms in total. The molecule has 4 N–H and O–H groups in total. The Kier molecular flexibility index (Phi) is 11.8. The van der Waals surface area contributed by atoms with E-state index in [1.807, 2.05) is 66.7 Å². The van der Waals surface area contributed by atoms with Crippen molar-refractivity contribution in [2.24, 2.45) is 5.73 Å². The summed E-state index contributed by atoms with van der Waals surface area (Å²) < 4.78 is 43.2. The summed E-state index contributed by atoms with van der Waals surface area (Å²) in [5, 5.41) is 11.3. The van der Waals surface area contributed by atoms with Crippen LogP contribution in [0.25, 0.3) is 21.8 Å². The number of amides is 3. The normalized spacial score (nSPS) is 16.4. The molecule has 16 heteroatoms. The smallest absolute Gasteiger partial charge is 0.394 e. The average molecular weight is 775 g/mol. The van der Waals surface area contributed by atoms with Gasteiger partial charge in [0.15, 0.2) is 12.2 Å². The Morgan fingerprint density at radius 3 is 1.61 bits per heavy atom. The molecule has 4 aromatic carbocycles. The second-order valence-electron chi connectivity index (χ2n) is 12.4. The standard InChI is InChI=1S/C20H17N3O3.C20H15N3O2.H2O4S/c21-19(24)14-6-2-4-8-16(14)23-12-11-17(20(23)25)26-18-10-9-13-5-1-3-7-15(13)22-18;21-13-15-6-2-4-8-17(15)23-12-11-18(20(23)24)25-19-10-9-14-5-1-3-7-16(14)22-19;1-5(2,3)4/h1-10,17H,11-12H2,(H2,21,24);1-10,18H,11-12H2;(H2,1,2,3,4). The zero-order valence-electron chi connectivity index (χ0n) is 29.5. The summed E-state index contributed by atoms with van der Waals surface area (Å²) in [5.41, 5.74) is 9.02. The second kappa shape index (κ2) is 17.0. The first-order chi connectivity index (χ1) is 26.9. The maximum atomic E-state index is 12.8. The predicted molar refractivity (Wildman–Crippen MR) is 207 cm³/mol. The lowest BCUT2D eigenvalue weighted by molar-refractivity contribution is -0.123. The van der Waals surface area contributed by atoms with Crippen LogP contribution in [0.3, 0.4) is 0 Å². The molecule has 0 aliphatic carbocycles. The first-order valence-electron chi connectivity index (χ1n) is 17.1. The van der Waals surface area contributed by atoms with E-state index in [9.17, 15) is 19.6 Å². The monoisotopic (exact) mass is 774 g/mol. The van der Waals surface area contributed by atoms with Gasteiger partial charge >= 0.3 is 10.4 Å². The summed E-state index contributed by atoms with van der Waals surface area (Å²) in [5.74, 6) is -0.0557. The number of aromatic nitrogens is 2. The molecule has 2 aliphatic rings. The van der Waals surface area contributed by atoms with Crippen LogP contribution >= 0.6 is 0 Å². The molecule has 2 aliphatic heterocycles. The zero-order valence-corrected chi connectivity index (χ0v) is 30.3. The molecule has 0 radical (unpaired) electrons. The number of carbonyl (C=O) groups is 3. The van der Waals surface area contributed by atoms with E-state index in [0.29, 0.717) is 60.2 Å². The molecule has 6 aromatic rings. The molecule has 0 saturated carbocycles. The van der Waals surface area contributed by atoms with Crippen molar-refractivity contribution < 1.29 is 41.4 Å². The van der Waals surface area contributed by atoms with Gasteiger partial charge in [-0.05, 0) is 48.5 Å². The van der Waals surface area contributed by atoms with Gasteiger partial charge in [0.2, 0.25) is 11.8 Å². The summed E-state index contributed by atoms with van der Waals surface area (Å²) in [6.45, 7) is 0.983. The molecule has 56 heavy (non-hydrogen) atoms. The van der Waals surface area contributed by atoms with E-state index in [1.165, 1.54) is 0 Å². The fourth-order valence-electron chi connectivity index (χ4n) is 6.24. The minimum atomic E-state index is -4.67. The Morgan fingerprint density at radius 1 is 0.679 bits per heavy atom. The third kappa shape index (κ3) is 9.40. The van der Waals surface area contributed by atoms with Crippen molar-refractivity contribution in [2.45, 2.75) is 25.0 Å². The van der Waals surface area contributed by atoms with Gasteiger partial charge in [-0.15, -0.1) is 0 Å². The number of rotatable bonds is 7. The van der Waals surface area contributed by atoms with Crippen LogP contribution in [0.2, 0.25) is 0 Å². The van der Waals surface area contributed by atoms with Crippen molar-refractivity contribution in [3.05, 3.63) is 132 Å². The SMILES string of the molecule is N#Cc1ccccc1N1CCC(Oc2ccc3ccccc3n2)C1=O.NC(=O)c1ccccc1N1CCC(Oc2ccc3ccccc3n2)C1=O.O=S(=O)(O)O. The van der Waals surface area contributed by atoms with Gasteiger partial charge in [-0.2, -0.15) is 13.7 Å². The van der Waals surface area contributed by atoms with Crippen LogP contribution in [-0.4, -0.2) is 70.5 Å². The summed E-state index contributed by atoms with van der Waals surface area (Å²) in [6.07, 6.45) is -0.141. The summed E-state index contributed by atoms with van der Waals surface area (Å²) in [7, 11) is -4.67. The number of anilines is 2. The number of pyridine rings is 2. The van der Waals surface area contributed by atoms with Gasteiger partial charge in [0.05, 0.1) is 33.5 Å². The first-order valence-corrected chi connectivity index (χ1v) is 18.5. The quantitative estimate of drug-likeness (QED) is 0.179. The number of fused-ring (bicyclic) bond motifs is 2. The van der Waals surface area contributed by atoms with Crippen LogP contribution in [-0.2, 0) is 20.0 Å². The number of nitrogens with two attached hydrogens (primary N) is 1. The fraction of sp³-hybridized carbons (Fsp3) is 0.150. The molecule has 3 amide bonds. The highest BCUT2D eigenvalue weighted by atomic mass is 32.3. The van der Waals surface area contributed by atoms with Gasteiger partial charge in [-0.3, -0.25) is 23.5 Å². The van der Waals surface area contributed by atoms with E-state index < -0.39 is 28.5 Å². The molecule has 2 unspecified atom stereocenters. The van der Waals surface area contributed by atoms with Crippen LogP contribution in [0.5, 0.6) is 11.8 Å². The number of nitriles is 1. The molecule has 2 saturated heterocycles. The van der Waals surface area contributed by atoms with E-state index >= 15 is 0 Å². The number of para-hydroxylation sites is 4. The van der Waals surface area contributed by atoms with E-state index in [1.54, 1.807) is 64.4 Å². The van der Waals surface area contributed by atoms with E-state index in [0.717, 1.165) is 21.8 Å². The van der Waals surface area contributed by atoms with Crippen molar-refractivity contribution in [3.63, 3.8) is 0 Å². The van der Waals surface area contributed by atoms with Crippen molar-refractivity contribution in [3.8, 4) is 17.8 Å². The number of hydrogen-bond donors (Lipinski definition) is 3. The van der Waals surface area contributed by atoms with Gasteiger partial charge in [-0.1, -0.05) is 60.7 Å². The largest absolute Gasteiger partial charge is 0.464 e. The number of hydrogen-bond acceptors (Lipinski definition) is 10. The average Bonchev–Trinajstić information content (AvgIpc) is 3.74. The molecule has 2 fully saturated rings. The van der Waals surface area contributed by atoms with Crippen molar-refractivity contribution in [1.29, 1.82) is 5.26 Å². The molecule has 0 bridgehead atoms. The Labute approximate surface area is 321 Å². The van der Waals surface area contributed by atoms with E-state index in [4.69, 9.17) is 32.7 Å². The zero-order chi connectivity index (χ0) is 39.8. The Bertz CT molecular complexity index is 2570. The molecular weight excluding hydrogens is 741 g/mol. The van der Waals surface area contributed by atoms with Gasteiger partial charge in [-0.25, -0.2) is 9.97 Å². The lowest BCUT2D eigenvalue weighted by Crippen LogP contribution is -2.33. The first kappa shape index (κ1) is 38.8. The second-order valence-corrected chi connectivity index (χ2v) is 13.3. The van der Waals surface area contributed by atoms with Gasteiger partial charge < -0.3 is 25.0 Å². The van der Waals surface area contributed by atoms with Crippen molar-refractivity contribution in [2.75, 3.05) is 22.9 Å². The minimum Gasteiger partial charge on any atom is -0.464 e. The van der Waals surface area contributed by atoms with Gasteiger partial charge in [0.1, 0.15) is 6.07 Å². The summed E-state index contributed by atoms with van der Waals surface area (Å²) in [6, 6.07) is 38.9. The van der Waals surface area contributed by atoms with Gasteiger partial charge in [0, 0.05) is 48.8 Å². The van der Waals surface area contributed by atoms with Crippen molar-refractivity contribution >= 4 is 61.3 Å². The van der Waals surface area contributed by atoms with Crippen molar-refractivity contribution in [1.82, 2.24) is 9.97 Å². The molecule has 8 rings (SSSR count). The molecule has 4 heterocycles. The van der Waals surface area contributed by atoms with Gasteiger partial charge in [0.25, 0.3) is 17.7 Å². The molecule has 2 aromatic heterocycles. The topological polar surface area (TPSA) is 226 Å². The van der Waals surface area contributed by atoms with Crippen LogP contribution in [0.4, 0.5) is 11.4 Å². The Morgan fingerprint density at radius 2 is 1.11 bits per heavy atom. The van der Waals surface area contributed by atoms with E-state index in [-0.39, 0.29) is 11.8 Å². The lowest BCUT2D eigenvalue weighted by atomic mass is 10.1. The Hall–Kier alpha value is -6.93. The highest BCUT2D eigenvalue weighted by molar-refractivity contribution is 7.79. The number of ether oxygens (including phenoxy) is 2. The third-order valence-electron chi connectivity index (χ3n) is 8.76. The number of nitrogens with zero attached hydrogens (tertiary/aromatic N) is 5. The minimum absolute atomic E-state index is 0.141. The highest BCUT2D eigenvalue weighted by Crippen LogP contribution is 2.29. The molecular formula is C40H34N6O9S. The lowest BCUT2D eigenvalue weighted by Gasteiger charge is -2.19. The van der Waals surface area contributed by atoms with Crippen LogP contribution in [0.15, 0.2) is 121 Å². The maximum Gasteiger partial charge on any atom is 0.394 e. The predicted octanol–water partition coefficient (Wildman–Crippen LogP) is 5.16. The molecule has 284 valence electrons. The number of benzene rings is 4.